The van der Waals surface area contributed by atoms with Gasteiger partial charge >= 0.3 is 0 Å². The molecule has 3 rings (SSSR count). The summed E-state index contributed by atoms with van der Waals surface area (Å²) in [5.41, 5.74) is 1.72. The fraction of sp³-hybridized carbons (Fsp3) is 0.524. The standard InChI is InChI=1S/C21H31N5O3S.HI/c1-3-22-21(25-18-9-11-26(12-10-18)13-14-30(2,27)28)23-15-19-16-29-20(24-19)17-7-5-4-6-8-17;/h4-8,16,18H,3,9-15H2,1-2H3,(H2,22,23,25);1H. The molecule has 0 aliphatic carbocycles. The van der Waals surface area contributed by atoms with Gasteiger partial charge in [-0.2, -0.15) is 0 Å². The second-order valence-corrected chi connectivity index (χ2v) is 9.86. The van der Waals surface area contributed by atoms with E-state index in [1.54, 1.807) is 6.26 Å². The second-order valence-electron chi connectivity index (χ2n) is 7.60. The Hall–Kier alpha value is -1.66. The molecule has 8 nitrogen and oxygen atoms in total. The largest absolute Gasteiger partial charge is 0.444 e. The van der Waals surface area contributed by atoms with Crippen LogP contribution < -0.4 is 10.6 Å². The molecule has 10 heteroatoms. The highest BCUT2D eigenvalue weighted by Crippen LogP contribution is 2.18. The SMILES string of the molecule is CCNC(=NCc1coc(-c2ccccc2)n1)NC1CCN(CCS(C)(=O)=O)CC1.I. The number of halogens is 1. The normalized spacial score (nSPS) is 16.0. The average Bonchev–Trinajstić information content (AvgIpc) is 3.21. The molecule has 0 atom stereocenters. The van der Waals surface area contributed by atoms with Crippen molar-refractivity contribution in [2.45, 2.75) is 32.4 Å². The van der Waals surface area contributed by atoms with Crippen LogP contribution in [-0.2, 0) is 16.4 Å². The number of benzene rings is 1. The highest BCUT2D eigenvalue weighted by Gasteiger charge is 2.20. The first-order valence-electron chi connectivity index (χ1n) is 10.4. The number of guanidine groups is 1. The van der Waals surface area contributed by atoms with Crippen molar-refractivity contribution in [3.63, 3.8) is 0 Å². The van der Waals surface area contributed by atoms with E-state index in [9.17, 15) is 8.42 Å². The van der Waals surface area contributed by atoms with Crippen molar-refractivity contribution in [1.82, 2.24) is 20.5 Å². The van der Waals surface area contributed by atoms with E-state index in [4.69, 9.17) is 4.42 Å². The first kappa shape index (κ1) is 25.6. The van der Waals surface area contributed by atoms with Gasteiger partial charge in [0.1, 0.15) is 21.8 Å². The number of hydrogen-bond donors (Lipinski definition) is 2. The summed E-state index contributed by atoms with van der Waals surface area (Å²) in [7, 11) is -2.91. The summed E-state index contributed by atoms with van der Waals surface area (Å²) in [5.74, 6) is 1.58. The Morgan fingerprint density at radius 1 is 1.26 bits per heavy atom. The second kappa shape index (κ2) is 12.4. The molecule has 1 aromatic heterocycles. The summed E-state index contributed by atoms with van der Waals surface area (Å²) in [4.78, 5) is 11.4. The number of piperidine rings is 1. The van der Waals surface area contributed by atoms with Crippen LogP contribution in [0.5, 0.6) is 0 Å². The third-order valence-corrected chi connectivity index (χ3v) is 5.95. The maximum Gasteiger partial charge on any atom is 0.226 e. The van der Waals surface area contributed by atoms with Crippen LogP contribution in [0.25, 0.3) is 11.5 Å². The smallest absolute Gasteiger partial charge is 0.226 e. The number of nitrogens with one attached hydrogen (secondary N) is 2. The van der Waals surface area contributed by atoms with Crippen molar-refractivity contribution >= 4 is 39.8 Å². The van der Waals surface area contributed by atoms with E-state index in [1.165, 1.54) is 6.26 Å². The van der Waals surface area contributed by atoms with Crippen LogP contribution in [0.3, 0.4) is 0 Å². The number of likely N-dealkylation sites (tertiary alicyclic amines) is 1. The number of sulfone groups is 1. The zero-order valence-corrected chi connectivity index (χ0v) is 21.2. The highest BCUT2D eigenvalue weighted by molar-refractivity contribution is 14.0. The Labute approximate surface area is 201 Å². The molecule has 1 aliphatic rings. The Morgan fingerprint density at radius 3 is 2.61 bits per heavy atom. The maximum absolute atomic E-state index is 11.4. The number of nitrogens with zero attached hydrogens (tertiary/aromatic N) is 3. The summed E-state index contributed by atoms with van der Waals surface area (Å²) in [6.07, 6.45) is 4.85. The molecule has 0 radical (unpaired) electrons. The Kier molecular flexibility index (Phi) is 10.2. The molecule has 2 heterocycles. The highest BCUT2D eigenvalue weighted by atomic mass is 127. The molecule has 1 fully saturated rings. The molecule has 172 valence electrons. The molecule has 1 saturated heterocycles. The molecule has 31 heavy (non-hydrogen) atoms. The quantitative estimate of drug-likeness (QED) is 0.290. The van der Waals surface area contributed by atoms with Crippen molar-refractivity contribution < 1.29 is 12.8 Å². The van der Waals surface area contributed by atoms with Crippen LogP contribution >= 0.6 is 24.0 Å². The van der Waals surface area contributed by atoms with Gasteiger partial charge in [-0.3, -0.25) is 0 Å². The minimum Gasteiger partial charge on any atom is -0.444 e. The zero-order chi connectivity index (χ0) is 21.4. The summed E-state index contributed by atoms with van der Waals surface area (Å²) in [6.45, 7) is 5.61. The first-order chi connectivity index (χ1) is 14.4. The molecule has 1 aliphatic heterocycles. The molecule has 1 aromatic carbocycles. The van der Waals surface area contributed by atoms with E-state index in [0.29, 0.717) is 25.0 Å². The van der Waals surface area contributed by atoms with Crippen LogP contribution in [-0.4, -0.2) is 68.5 Å². The summed E-state index contributed by atoms with van der Waals surface area (Å²) in [6, 6.07) is 10.1. The van der Waals surface area contributed by atoms with Gasteiger partial charge in [-0.15, -0.1) is 24.0 Å². The monoisotopic (exact) mass is 561 g/mol. The van der Waals surface area contributed by atoms with Crippen LogP contribution in [0.1, 0.15) is 25.5 Å². The Morgan fingerprint density at radius 2 is 1.97 bits per heavy atom. The molecule has 2 aromatic rings. The summed E-state index contributed by atoms with van der Waals surface area (Å²) < 4.78 is 28.3. The third kappa shape index (κ3) is 8.77. The van der Waals surface area contributed by atoms with Gasteiger partial charge < -0.3 is 20.0 Å². The molecule has 0 saturated carbocycles. The Balaban J connectivity index is 0.00000341. The molecule has 0 spiro atoms. The fourth-order valence-corrected chi connectivity index (χ4v) is 3.95. The van der Waals surface area contributed by atoms with Crippen molar-refractivity contribution in [3.05, 3.63) is 42.3 Å². The number of hydrogen-bond acceptors (Lipinski definition) is 6. The predicted octanol–water partition coefficient (Wildman–Crippen LogP) is 2.52. The third-order valence-electron chi connectivity index (χ3n) is 5.02. The molecule has 2 N–H and O–H groups in total. The van der Waals surface area contributed by atoms with Gasteiger partial charge in [-0.1, -0.05) is 18.2 Å². The molecule has 0 unspecified atom stereocenters. The first-order valence-corrected chi connectivity index (χ1v) is 12.4. The van der Waals surface area contributed by atoms with Gasteiger partial charge in [0.15, 0.2) is 5.96 Å². The molecule has 0 amide bonds. The lowest BCUT2D eigenvalue weighted by Crippen LogP contribution is -2.49. The zero-order valence-electron chi connectivity index (χ0n) is 18.1. The van der Waals surface area contributed by atoms with Crippen LogP contribution in [0, 0.1) is 0 Å². The van der Waals surface area contributed by atoms with Gasteiger partial charge in [0, 0.05) is 44.0 Å². The van der Waals surface area contributed by atoms with Crippen LogP contribution in [0.15, 0.2) is 46.0 Å². The van der Waals surface area contributed by atoms with Gasteiger partial charge in [0.2, 0.25) is 5.89 Å². The number of oxazole rings is 1. The molecular weight excluding hydrogens is 529 g/mol. The minimum absolute atomic E-state index is 0. The topological polar surface area (TPSA) is 99.8 Å². The van der Waals surface area contributed by atoms with Gasteiger partial charge in [-0.05, 0) is 31.9 Å². The van der Waals surface area contributed by atoms with Crippen LogP contribution in [0.2, 0.25) is 0 Å². The van der Waals surface area contributed by atoms with E-state index in [-0.39, 0.29) is 29.7 Å². The van der Waals surface area contributed by atoms with Crippen molar-refractivity contribution in [3.8, 4) is 11.5 Å². The lowest BCUT2D eigenvalue weighted by atomic mass is 10.1. The maximum atomic E-state index is 11.4. The number of aromatic nitrogens is 1. The van der Waals surface area contributed by atoms with E-state index < -0.39 is 9.84 Å². The summed E-state index contributed by atoms with van der Waals surface area (Å²) >= 11 is 0. The van der Waals surface area contributed by atoms with Gasteiger partial charge in [0.05, 0.1) is 12.3 Å². The van der Waals surface area contributed by atoms with E-state index in [2.05, 4.69) is 25.5 Å². The van der Waals surface area contributed by atoms with Crippen LogP contribution in [0.4, 0.5) is 0 Å². The lowest BCUT2D eigenvalue weighted by Gasteiger charge is -2.32. The predicted molar refractivity (Wildman–Crippen MR) is 134 cm³/mol. The van der Waals surface area contributed by atoms with E-state index in [0.717, 1.165) is 49.7 Å². The van der Waals surface area contributed by atoms with Crippen molar-refractivity contribution in [2.24, 2.45) is 4.99 Å². The van der Waals surface area contributed by atoms with Crippen molar-refractivity contribution in [2.75, 3.05) is 38.2 Å². The lowest BCUT2D eigenvalue weighted by molar-refractivity contribution is 0.216. The molecular formula is C21H32IN5O3S. The number of aliphatic imine (C=N–C) groups is 1. The summed E-state index contributed by atoms with van der Waals surface area (Å²) in [5, 5.41) is 6.78. The fourth-order valence-electron chi connectivity index (χ4n) is 3.36. The Bertz CT molecular complexity index is 926. The van der Waals surface area contributed by atoms with Crippen molar-refractivity contribution in [1.29, 1.82) is 0 Å². The number of rotatable bonds is 8. The average molecular weight is 561 g/mol. The van der Waals surface area contributed by atoms with E-state index in [1.807, 2.05) is 37.3 Å². The minimum atomic E-state index is -2.91. The van der Waals surface area contributed by atoms with Gasteiger partial charge in [0.25, 0.3) is 0 Å². The van der Waals surface area contributed by atoms with Gasteiger partial charge in [-0.25, -0.2) is 18.4 Å². The molecule has 0 bridgehead atoms. The van der Waals surface area contributed by atoms with E-state index >= 15 is 0 Å².